The van der Waals surface area contributed by atoms with Crippen molar-refractivity contribution in [3.8, 4) is 0 Å². The van der Waals surface area contributed by atoms with Gasteiger partial charge in [0.15, 0.2) is 0 Å². The summed E-state index contributed by atoms with van der Waals surface area (Å²) in [6.07, 6.45) is 15.4. The number of hydrogen-bond acceptors (Lipinski definition) is 2. The first-order chi connectivity index (χ1) is 9.97. The Hall–Kier alpha value is -1.61. The predicted molar refractivity (Wildman–Crippen MR) is 88.1 cm³/mol. The summed E-state index contributed by atoms with van der Waals surface area (Å²) < 4.78 is 0. The molecule has 0 radical (unpaired) electrons. The zero-order valence-electron chi connectivity index (χ0n) is 13.3. The molecule has 0 aliphatic carbocycles. The van der Waals surface area contributed by atoms with Gasteiger partial charge in [-0.15, -0.1) is 0 Å². The van der Waals surface area contributed by atoms with E-state index in [1.807, 2.05) is 19.1 Å². The highest BCUT2D eigenvalue weighted by Gasteiger charge is 2.02. The number of carboxylic acid groups (broad SMARTS) is 1. The normalized spacial score (nSPS) is 16.1. The lowest BCUT2D eigenvalue weighted by molar-refractivity contribution is -0.131. The third kappa shape index (κ3) is 11.9. The number of carbonyl (C=O) groups is 1. The van der Waals surface area contributed by atoms with Gasteiger partial charge < -0.3 is 10.2 Å². The molecule has 0 bridgehead atoms. The molecule has 2 atom stereocenters. The van der Waals surface area contributed by atoms with Crippen LogP contribution in [0.25, 0.3) is 0 Å². The molecule has 0 fully saturated rings. The van der Waals surface area contributed by atoms with Crippen LogP contribution in [0.15, 0.2) is 48.1 Å². The molecule has 3 nitrogen and oxygen atoms in total. The summed E-state index contributed by atoms with van der Waals surface area (Å²) in [5.41, 5.74) is 0.904. The molecule has 0 aliphatic rings. The van der Waals surface area contributed by atoms with Crippen LogP contribution in [0.3, 0.4) is 0 Å². The Morgan fingerprint density at radius 2 is 1.90 bits per heavy atom. The quantitative estimate of drug-likeness (QED) is 0.467. The van der Waals surface area contributed by atoms with Crippen molar-refractivity contribution in [1.29, 1.82) is 0 Å². The van der Waals surface area contributed by atoms with Crippen molar-refractivity contribution in [2.24, 2.45) is 5.92 Å². The van der Waals surface area contributed by atoms with Crippen molar-refractivity contribution in [1.82, 2.24) is 0 Å². The zero-order valence-corrected chi connectivity index (χ0v) is 13.3. The Morgan fingerprint density at radius 1 is 1.19 bits per heavy atom. The molecule has 0 saturated carbocycles. The molecular formula is C18H28O3. The van der Waals surface area contributed by atoms with Crippen molar-refractivity contribution in [3.05, 3.63) is 48.1 Å². The van der Waals surface area contributed by atoms with E-state index in [2.05, 4.69) is 19.9 Å². The van der Waals surface area contributed by atoms with Gasteiger partial charge in [-0.2, -0.15) is 0 Å². The molecule has 2 N–H and O–H groups in total. The summed E-state index contributed by atoms with van der Waals surface area (Å²) in [6.45, 7) is 6.35. The fourth-order valence-corrected chi connectivity index (χ4v) is 1.62. The van der Waals surface area contributed by atoms with E-state index < -0.39 is 12.1 Å². The third-order valence-corrected chi connectivity index (χ3v) is 3.39. The predicted octanol–water partition coefficient (Wildman–Crippen LogP) is 4.26. The van der Waals surface area contributed by atoms with Gasteiger partial charge in [0.2, 0.25) is 0 Å². The molecule has 118 valence electrons. The molecule has 0 heterocycles. The lowest BCUT2D eigenvalue weighted by Crippen LogP contribution is -2.05. The second-order valence-corrected chi connectivity index (χ2v) is 5.31. The Labute approximate surface area is 128 Å². The Balaban J connectivity index is 4.07. The molecule has 21 heavy (non-hydrogen) atoms. The number of aliphatic hydroxyl groups is 1. The molecular weight excluding hydrogens is 264 g/mol. The Kier molecular flexibility index (Phi) is 11.2. The van der Waals surface area contributed by atoms with Crippen molar-refractivity contribution >= 4 is 5.97 Å². The van der Waals surface area contributed by atoms with Crippen molar-refractivity contribution in [2.75, 3.05) is 0 Å². The number of aliphatic carboxylic acids is 1. The first kappa shape index (κ1) is 19.4. The molecule has 0 aliphatic heterocycles. The maximum absolute atomic E-state index is 10.3. The van der Waals surface area contributed by atoms with E-state index in [4.69, 9.17) is 5.11 Å². The van der Waals surface area contributed by atoms with Gasteiger partial charge in [-0.05, 0) is 37.7 Å². The van der Waals surface area contributed by atoms with E-state index in [9.17, 15) is 9.90 Å². The maximum atomic E-state index is 10.3. The molecule has 0 aromatic heterocycles. The summed E-state index contributed by atoms with van der Waals surface area (Å²) in [6, 6.07) is 0. The monoisotopic (exact) mass is 292 g/mol. The summed E-state index contributed by atoms with van der Waals surface area (Å²) in [4.78, 5) is 10.3. The van der Waals surface area contributed by atoms with Crippen molar-refractivity contribution in [2.45, 2.75) is 52.6 Å². The van der Waals surface area contributed by atoms with Gasteiger partial charge in [0.25, 0.3) is 0 Å². The number of aliphatic hydroxyl groups excluding tert-OH is 1. The second-order valence-electron chi connectivity index (χ2n) is 5.31. The number of rotatable bonds is 10. The first-order valence-electron chi connectivity index (χ1n) is 7.54. The highest BCUT2D eigenvalue weighted by molar-refractivity contribution is 5.80. The topological polar surface area (TPSA) is 57.5 Å². The van der Waals surface area contributed by atoms with Crippen LogP contribution in [0.4, 0.5) is 0 Å². The van der Waals surface area contributed by atoms with Gasteiger partial charge in [-0.1, -0.05) is 56.7 Å². The molecule has 0 aromatic carbocycles. The van der Waals surface area contributed by atoms with E-state index in [0.717, 1.165) is 24.0 Å². The molecule has 0 aromatic rings. The van der Waals surface area contributed by atoms with Crippen LogP contribution in [-0.2, 0) is 4.79 Å². The smallest absolute Gasteiger partial charge is 0.328 e. The van der Waals surface area contributed by atoms with Crippen molar-refractivity contribution < 1.29 is 15.0 Å². The Bertz CT molecular complexity index is 403. The molecule has 0 saturated heterocycles. The van der Waals surface area contributed by atoms with Crippen LogP contribution in [-0.4, -0.2) is 22.3 Å². The first-order valence-corrected chi connectivity index (χ1v) is 7.54. The number of allylic oxidation sites excluding steroid dienone is 5. The van der Waals surface area contributed by atoms with Crippen LogP contribution in [0, 0.1) is 5.92 Å². The molecule has 0 amide bonds. The molecule has 0 rings (SSSR count). The average molecular weight is 292 g/mol. The van der Waals surface area contributed by atoms with Crippen LogP contribution in [0.2, 0.25) is 0 Å². The van der Waals surface area contributed by atoms with Crippen molar-refractivity contribution in [3.63, 3.8) is 0 Å². The summed E-state index contributed by atoms with van der Waals surface area (Å²) in [7, 11) is 0. The summed E-state index contributed by atoms with van der Waals surface area (Å²) >= 11 is 0. The minimum Gasteiger partial charge on any atom is -0.478 e. The van der Waals surface area contributed by atoms with E-state index in [-0.39, 0.29) is 0 Å². The highest BCUT2D eigenvalue weighted by atomic mass is 16.4. The summed E-state index contributed by atoms with van der Waals surface area (Å²) in [5.74, 6) is -0.215. The van der Waals surface area contributed by atoms with E-state index in [1.54, 1.807) is 12.2 Å². The SMILES string of the molecule is CCC(C)CC/C=C/C=C(\C)C(O)C/C=C/C=C/C(=O)O. The van der Waals surface area contributed by atoms with Crippen LogP contribution < -0.4 is 0 Å². The van der Waals surface area contributed by atoms with Gasteiger partial charge in [0.05, 0.1) is 6.10 Å². The van der Waals surface area contributed by atoms with E-state index in [0.29, 0.717) is 6.42 Å². The lowest BCUT2D eigenvalue weighted by Gasteiger charge is -2.07. The summed E-state index contributed by atoms with van der Waals surface area (Å²) in [5, 5.41) is 18.3. The third-order valence-electron chi connectivity index (χ3n) is 3.39. The number of carboxylic acids is 1. The van der Waals surface area contributed by atoms with Gasteiger partial charge in [0, 0.05) is 6.08 Å². The van der Waals surface area contributed by atoms with Crippen LogP contribution in [0.5, 0.6) is 0 Å². The maximum Gasteiger partial charge on any atom is 0.328 e. The van der Waals surface area contributed by atoms with Crippen LogP contribution in [0.1, 0.15) is 46.5 Å². The van der Waals surface area contributed by atoms with Gasteiger partial charge in [-0.25, -0.2) is 4.79 Å². The molecule has 3 heteroatoms. The fourth-order valence-electron chi connectivity index (χ4n) is 1.62. The average Bonchev–Trinajstić information content (AvgIpc) is 2.45. The van der Waals surface area contributed by atoms with Gasteiger partial charge >= 0.3 is 5.97 Å². The van der Waals surface area contributed by atoms with Gasteiger partial charge in [0.1, 0.15) is 0 Å². The largest absolute Gasteiger partial charge is 0.478 e. The molecule has 2 unspecified atom stereocenters. The number of hydrogen-bond donors (Lipinski definition) is 2. The minimum absolute atomic E-state index is 0.479. The Morgan fingerprint density at radius 3 is 2.52 bits per heavy atom. The standard InChI is InChI=1S/C18H28O3/c1-4-15(2)11-7-5-8-12-16(3)17(19)13-9-6-10-14-18(20)21/h5-6,8-10,12,14-15,17,19H,4,7,11,13H2,1-3H3,(H,20,21)/b8-5+,9-6+,14-10+,16-12+. The van der Waals surface area contributed by atoms with E-state index >= 15 is 0 Å². The highest BCUT2D eigenvalue weighted by Crippen LogP contribution is 2.10. The lowest BCUT2D eigenvalue weighted by atomic mass is 10.0. The minimum atomic E-state index is -0.973. The second kappa shape index (κ2) is 12.2. The molecule has 0 spiro atoms. The van der Waals surface area contributed by atoms with Gasteiger partial charge in [-0.3, -0.25) is 0 Å². The van der Waals surface area contributed by atoms with E-state index in [1.165, 1.54) is 18.9 Å². The fraction of sp³-hybridized carbons (Fsp3) is 0.500. The zero-order chi connectivity index (χ0) is 16.1. The van der Waals surface area contributed by atoms with Crippen LogP contribution >= 0.6 is 0 Å².